The number of hydrogen-bond acceptors (Lipinski definition) is 3. The summed E-state index contributed by atoms with van der Waals surface area (Å²) in [7, 11) is 2.13. The second kappa shape index (κ2) is 6.86. The molecule has 0 spiro atoms. The van der Waals surface area contributed by atoms with Gasteiger partial charge in [0.15, 0.2) is 0 Å². The Morgan fingerprint density at radius 1 is 1.62 bits per heavy atom. The Bertz CT molecular complexity index is 220. The lowest BCUT2D eigenvalue weighted by Gasteiger charge is -2.20. The molecule has 0 radical (unpaired) electrons. The normalized spacial score (nSPS) is 23.3. The van der Waals surface area contributed by atoms with Crippen LogP contribution in [-0.4, -0.2) is 43.5 Å². The molecule has 0 aromatic carbocycles. The van der Waals surface area contributed by atoms with Gasteiger partial charge in [-0.1, -0.05) is 6.92 Å². The second-order valence-electron chi connectivity index (χ2n) is 4.85. The van der Waals surface area contributed by atoms with Crippen LogP contribution in [0.25, 0.3) is 0 Å². The van der Waals surface area contributed by atoms with Crippen molar-refractivity contribution < 1.29 is 4.79 Å². The Kier molecular flexibility index (Phi) is 5.77. The van der Waals surface area contributed by atoms with Crippen molar-refractivity contribution >= 4 is 5.91 Å². The summed E-state index contributed by atoms with van der Waals surface area (Å²) in [5.41, 5.74) is 5.43. The number of nitrogens with two attached hydrogens (primary N) is 1. The van der Waals surface area contributed by atoms with E-state index in [0.29, 0.717) is 12.6 Å². The summed E-state index contributed by atoms with van der Waals surface area (Å²) in [4.78, 5) is 14.1. The maximum Gasteiger partial charge on any atom is 0.222 e. The van der Waals surface area contributed by atoms with Gasteiger partial charge in [0.1, 0.15) is 0 Å². The number of nitrogens with zero attached hydrogens (tertiary/aromatic N) is 1. The molecule has 1 amide bonds. The molecule has 3 N–H and O–H groups in total. The van der Waals surface area contributed by atoms with Gasteiger partial charge in [0, 0.05) is 18.5 Å². The van der Waals surface area contributed by atoms with Gasteiger partial charge < -0.3 is 16.0 Å². The minimum absolute atomic E-state index is 0.0928. The van der Waals surface area contributed by atoms with E-state index in [-0.39, 0.29) is 11.8 Å². The maximum atomic E-state index is 11.7. The van der Waals surface area contributed by atoms with Crippen LogP contribution < -0.4 is 11.1 Å². The summed E-state index contributed by atoms with van der Waals surface area (Å²) >= 11 is 0. The van der Waals surface area contributed by atoms with Gasteiger partial charge in [0.2, 0.25) is 5.91 Å². The van der Waals surface area contributed by atoms with Gasteiger partial charge in [-0.2, -0.15) is 0 Å². The molecular formula is C12H25N3O. The van der Waals surface area contributed by atoms with Crippen molar-refractivity contribution in [1.29, 1.82) is 0 Å². The van der Waals surface area contributed by atoms with Crippen LogP contribution in [0.2, 0.25) is 0 Å². The third kappa shape index (κ3) is 4.10. The van der Waals surface area contributed by atoms with Gasteiger partial charge in [-0.05, 0) is 45.8 Å². The molecule has 94 valence electrons. The van der Waals surface area contributed by atoms with Crippen LogP contribution in [0.5, 0.6) is 0 Å². The number of carbonyl (C=O) groups is 1. The lowest BCUT2D eigenvalue weighted by atomic mass is 10.0. The smallest absolute Gasteiger partial charge is 0.222 e. The van der Waals surface area contributed by atoms with Crippen LogP contribution in [0.1, 0.15) is 32.6 Å². The van der Waals surface area contributed by atoms with Gasteiger partial charge in [-0.25, -0.2) is 0 Å². The molecule has 1 fully saturated rings. The Hall–Kier alpha value is -0.610. The number of nitrogens with one attached hydrogen (secondary N) is 1. The number of rotatable bonds is 6. The van der Waals surface area contributed by atoms with Crippen LogP contribution in [-0.2, 0) is 4.79 Å². The number of likely N-dealkylation sites (tertiary alicyclic amines) is 1. The molecule has 0 bridgehead atoms. The molecule has 16 heavy (non-hydrogen) atoms. The molecule has 1 aliphatic heterocycles. The summed E-state index contributed by atoms with van der Waals surface area (Å²) in [6, 6.07) is 0.533. The third-order valence-corrected chi connectivity index (χ3v) is 3.47. The SMILES string of the molecule is CC(CCCN)C(=O)NCC1CCCN1C. The van der Waals surface area contributed by atoms with Crippen LogP contribution in [0.4, 0.5) is 0 Å². The molecule has 2 atom stereocenters. The summed E-state index contributed by atoms with van der Waals surface area (Å²) in [6.45, 7) is 4.60. The van der Waals surface area contributed by atoms with Crippen molar-refractivity contribution in [1.82, 2.24) is 10.2 Å². The minimum Gasteiger partial charge on any atom is -0.354 e. The van der Waals surface area contributed by atoms with Crippen molar-refractivity contribution in [2.75, 3.05) is 26.7 Å². The van der Waals surface area contributed by atoms with Crippen molar-refractivity contribution in [2.45, 2.75) is 38.6 Å². The first-order chi connectivity index (χ1) is 7.65. The standard InChI is InChI=1S/C12H25N3O/c1-10(5-3-7-13)12(16)14-9-11-6-4-8-15(11)2/h10-11H,3-9,13H2,1-2H3,(H,14,16). The zero-order chi connectivity index (χ0) is 12.0. The van der Waals surface area contributed by atoms with Crippen molar-refractivity contribution in [3.63, 3.8) is 0 Å². The van der Waals surface area contributed by atoms with Gasteiger partial charge in [-0.3, -0.25) is 4.79 Å². The second-order valence-corrected chi connectivity index (χ2v) is 4.85. The van der Waals surface area contributed by atoms with Crippen LogP contribution in [0.15, 0.2) is 0 Å². The highest BCUT2D eigenvalue weighted by Crippen LogP contribution is 2.14. The first-order valence-corrected chi connectivity index (χ1v) is 6.33. The van der Waals surface area contributed by atoms with E-state index in [1.807, 2.05) is 6.92 Å². The fourth-order valence-electron chi connectivity index (χ4n) is 2.18. The Balaban J connectivity index is 2.18. The maximum absolute atomic E-state index is 11.7. The summed E-state index contributed by atoms with van der Waals surface area (Å²) in [6.07, 6.45) is 4.27. The minimum atomic E-state index is 0.0928. The van der Waals surface area contributed by atoms with Crippen LogP contribution >= 0.6 is 0 Å². The number of carbonyl (C=O) groups excluding carboxylic acids is 1. The largest absolute Gasteiger partial charge is 0.354 e. The lowest BCUT2D eigenvalue weighted by molar-refractivity contribution is -0.124. The topological polar surface area (TPSA) is 58.4 Å². The van der Waals surface area contributed by atoms with Crippen LogP contribution in [0, 0.1) is 5.92 Å². The highest BCUT2D eigenvalue weighted by molar-refractivity contribution is 5.78. The molecule has 1 rings (SSSR count). The zero-order valence-electron chi connectivity index (χ0n) is 10.5. The molecule has 4 heteroatoms. The lowest BCUT2D eigenvalue weighted by Crippen LogP contribution is -2.40. The molecule has 0 aliphatic carbocycles. The fourth-order valence-corrected chi connectivity index (χ4v) is 2.18. The molecule has 1 saturated heterocycles. The number of likely N-dealkylation sites (N-methyl/N-ethyl adjacent to an activating group) is 1. The average molecular weight is 227 g/mol. The van der Waals surface area contributed by atoms with E-state index in [1.165, 1.54) is 12.8 Å². The predicted molar refractivity (Wildman–Crippen MR) is 66.1 cm³/mol. The fraction of sp³-hybridized carbons (Fsp3) is 0.917. The van der Waals surface area contributed by atoms with E-state index in [4.69, 9.17) is 5.73 Å². The molecule has 1 heterocycles. The molecule has 0 aromatic rings. The van der Waals surface area contributed by atoms with E-state index >= 15 is 0 Å². The quantitative estimate of drug-likeness (QED) is 0.697. The molecule has 0 saturated carbocycles. The first-order valence-electron chi connectivity index (χ1n) is 6.33. The van der Waals surface area contributed by atoms with Gasteiger partial charge in [0.25, 0.3) is 0 Å². The monoisotopic (exact) mass is 227 g/mol. The Labute approximate surface area is 98.6 Å². The molecule has 1 aliphatic rings. The van der Waals surface area contributed by atoms with E-state index in [9.17, 15) is 4.79 Å². The van der Waals surface area contributed by atoms with E-state index < -0.39 is 0 Å². The molecule has 0 aromatic heterocycles. The van der Waals surface area contributed by atoms with Gasteiger partial charge in [0.05, 0.1) is 0 Å². The molecule has 2 unspecified atom stereocenters. The van der Waals surface area contributed by atoms with E-state index in [0.717, 1.165) is 25.9 Å². The van der Waals surface area contributed by atoms with E-state index in [2.05, 4.69) is 17.3 Å². The van der Waals surface area contributed by atoms with Crippen molar-refractivity contribution in [3.05, 3.63) is 0 Å². The van der Waals surface area contributed by atoms with Crippen molar-refractivity contribution in [3.8, 4) is 0 Å². The van der Waals surface area contributed by atoms with Crippen LogP contribution in [0.3, 0.4) is 0 Å². The average Bonchev–Trinajstić information content (AvgIpc) is 2.68. The van der Waals surface area contributed by atoms with Crippen molar-refractivity contribution in [2.24, 2.45) is 11.7 Å². The summed E-state index contributed by atoms with van der Waals surface area (Å²) in [5, 5.41) is 3.04. The third-order valence-electron chi connectivity index (χ3n) is 3.47. The van der Waals surface area contributed by atoms with Gasteiger partial charge >= 0.3 is 0 Å². The molecule has 4 nitrogen and oxygen atoms in total. The van der Waals surface area contributed by atoms with Gasteiger partial charge in [-0.15, -0.1) is 0 Å². The van der Waals surface area contributed by atoms with E-state index in [1.54, 1.807) is 0 Å². The highest BCUT2D eigenvalue weighted by atomic mass is 16.1. The predicted octanol–water partition coefficient (Wildman–Crippen LogP) is 0.572. The number of amides is 1. The summed E-state index contributed by atoms with van der Waals surface area (Å²) < 4.78 is 0. The molecular weight excluding hydrogens is 202 g/mol. The zero-order valence-corrected chi connectivity index (χ0v) is 10.5. The number of hydrogen-bond donors (Lipinski definition) is 2. The Morgan fingerprint density at radius 2 is 2.38 bits per heavy atom. The summed E-state index contributed by atoms with van der Waals surface area (Å²) in [5.74, 6) is 0.268. The Morgan fingerprint density at radius 3 is 2.94 bits per heavy atom. The highest BCUT2D eigenvalue weighted by Gasteiger charge is 2.22. The first kappa shape index (κ1) is 13.5.